The molecule has 1 aromatic rings. The number of carbonyl (C=O) groups is 2. The summed E-state index contributed by atoms with van der Waals surface area (Å²) in [5, 5.41) is 2.81. The van der Waals surface area contributed by atoms with E-state index in [2.05, 4.69) is 5.32 Å². The van der Waals surface area contributed by atoms with Crippen molar-refractivity contribution in [2.24, 2.45) is 5.73 Å². The minimum absolute atomic E-state index is 0.107. The molecule has 0 fully saturated rings. The van der Waals surface area contributed by atoms with Crippen molar-refractivity contribution in [3.63, 3.8) is 0 Å². The number of carbonyl (C=O) groups excluding carboxylic acids is 2. The van der Waals surface area contributed by atoms with Crippen LogP contribution in [0.25, 0.3) is 0 Å². The Bertz CT molecular complexity index is 474. The lowest BCUT2D eigenvalue weighted by molar-refractivity contribution is -0.120. The van der Waals surface area contributed by atoms with Crippen molar-refractivity contribution in [1.29, 1.82) is 0 Å². The van der Waals surface area contributed by atoms with Crippen molar-refractivity contribution < 1.29 is 9.59 Å². The molecule has 0 radical (unpaired) electrons. The highest BCUT2D eigenvalue weighted by molar-refractivity contribution is 5.91. The Morgan fingerprint density at radius 1 is 1.37 bits per heavy atom. The number of likely N-dealkylation sites (N-methyl/N-ethyl adjacent to an activating group) is 1. The molecule has 19 heavy (non-hydrogen) atoms. The number of nitrogens with two attached hydrogens (primary N) is 2. The number of primary amides is 1. The lowest BCUT2D eigenvalue weighted by Gasteiger charge is -2.14. The molecule has 6 nitrogen and oxygen atoms in total. The first-order chi connectivity index (χ1) is 8.88. The van der Waals surface area contributed by atoms with Gasteiger partial charge in [-0.1, -0.05) is 0 Å². The lowest BCUT2D eigenvalue weighted by Crippen LogP contribution is -2.32. The number of nitrogens with one attached hydrogen (secondary N) is 1. The molecule has 0 aliphatic heterocycles. The zero-order valence-electron chi connectivity index (χ0n) is 11.3. The van der Waals surface area contributed by atoms with E-state index >= 15 is 0 Å². The maximum Gasteiger partial charge on any atom is 0.231 e. The monoisotopic (exact) mass is 264 g/mol. The van der Waals surface area contributed by atoms with Gasteiger partial charge in [-0.25, -0.2) is 0 Å². The van der Waals surface area contributed by atoms with E-state index in [9.17, 15) is 9.59 Å². The zero-order chi connectivity index (χ0) is 14.4. The van der Waals surface area contributed by atoms with Gasteiger partial charge in [0.05, 0.1) is 6.54 Å². The van der Waals surface area contributed by atoms with Crippen molar-refractivity contribution in [1.82, 2.24) is 4.90 Å². The van der Waals surface area contributed by atoms with Crippen molar-refractivity contribution in [3.8, 4) is 0 Å². The fourth-order valence-corrected chi connectivity index (χ4v) is 1.68. The van der Waals surface area contributed by atoms with E-state index < -0.39 is 5.91 Å². The van der Waals surface area contributed by atoms with Crippen molar-refractivity contribution in [2.75, 3.05) is 31.2 Å². The number of rotatable bonds is 6. The molecule has 0 aliphatic rings. The van der Waals surface area contributed by atoms with E-state index in [1.165, 1.54) is 0 Å². The first kappa shape index (κ1) is 15.0. The molecule has 0 saturated carbocycles. The molecule has 0 atom stereocenters. The molecule has 6 heteroatoms. The Labute approximate surface area is 112 Å². The Morgan fingerprint density at radius 2 is 2.05 bits per heavy atom. The molecule has 2 amide bonds. The van der Waals surface area contributed by atoms with E-state index in [1.807, 2.05) is 6.92 Å². The predicted octanol–water partition coefficient (Wildman–Crippen LogP) is 0.323. The van der Waals surface area contributed by atoms with Crippen LogP contribution in [-0.2, 0) is 9.59 Å². The average molecular weight is 264 g/mol. The third-order valence-electron chi connectivity index (χ3n) is 2.67. The third kappa shape index (κ3) is 5.39. The van der Waals surface area contributed by atoms with Gasteiger partial charge in [-0.3, -0.25) is 14.5 Å². The molecule has 5 N–H and O–H groups in total. The van der Waals surface area contributed by atoms with Gasteiger partial charge in [0.2, 0.25) is 11.8 Å². The van der Waals surface area contributed by atoms with Crippen molar-refractivity contribution in [2.45, 2.75) is 13.3 Å². The van der Waals surface area contributed by atoms with E-state index in [4.69, 9.17) is 11.5 Å². The number of benzene rings is 1. The minimum atomic E-state index is -0.405. The second-order valence-electron chi connectivity index (χ2n) is 4.58. The summed E-state index contributed by atoms with van der Waals surface area (Å²) in [7, 11) is 1.74. The molecule has 0 aromatic heterocycles. The van der Waals surface area contributed by atoms with E-state index in [0.29, 0.717) is 18.7 Å². The summed E-state index contributed by atoms with van der Waals surface area (Å²) in [5.74, 6) is -0.513. The molecule has 0 aliphatic carbocycles. The first-order valence-corrected chi connectivity index (χ1v) is 6.01. The van der Waals surface area contributed by atoms with Crippen LogP contribution in [0.2, 0.25) is 0 Å². The highest BCUT2D eigenvalue weighted by atomic mass is 16.2. The number of anilines is 2. The molecule has 0 spiro atoms. The van der Waals surface area contributed by atoms with E-state index in [0.717, 1.165) is 11.3 Å². The second-order valence-corrected chi connectivity index (χ2v) is 4.58. The van der Waals surface area contributed by atoms with Gasteiger partial charge < -0.3 is 16.8 Å². The molecule has 0 saturated heterocycles. The number of hydrogen-bond acceptors (Lipinski definition) is 4. The largest absolute Gasteiger partial charge is 0.399 e. The van der Waals surface area contributed by atoms with Crippen LogP contribution in [0.3, 0.4) is 0 Å². The summed E-state index contributed by atoms with van der Waals surface area (Å²) in [5.41, 5.74) is 13.0. The third-order valence-corrected chi connectivity index (χ3v) is 2.67. The lowest BCUT2D eigenvalue weighted by atomic mass is 10.2. The quantitative estimate of drug-likeness (QED) is 0.644. The standard InChI is InChI=1S/C13H20N4O2/c1-9-7-10(14)3-4-11(9)16-13(19)5-6-17(2)8-12(15)18/h3-4,7H,5-6,8,14H2,1-2H3,(H2,15,18)(H,16,19). The maximum atomic E-state index is 11.8. The van der Waals surface area contributed by atoms with Gasteiger partial charge in [0, 0.05) is 24.3 Å². The van der Waals surface area contributed by atoms with Crippen LogP contribution in [0.4, 0.5) is 11.4 Å². The Morgan fingerprint density at radius 3 is 2.63 bits per heavy atom. The molecular weight excluding hydrogens is 244 g/mol. The van der Waals surface area contributed by atoms with Gasteiger partial charge in [-0.15, -0.1) is 0 Å². The fourth-order valence-electron chi connectivity index (χ4n) is 1.68. The number of aryl methyl sites for hydroxylation is 1. The Balaban J connectivity index is 2.45. The van der Waals surface area contributed by atoms with Crippen molar-refractivity contribution >= 4 is 23.2 Å². The second kappa shape index (κ2) is 6.75. The smallest absolute Gasteiger partial charge is 0.231 e. The summed E-state index contributed by atoms with van der Waals surface area (Å²) in [6.07, 6.45) is 0.299. The van der Waals surface area contributed by atoms with E-state index in [1.54, 1.807) is 30.1 Å². The van der Waals surface area contributed by atoms with Crippen LogP contribution in [0, 0.1) is 6.92 Å². The molecule has 1 rings (SSSR count). The summed E-state index contributed by atoms with van der Waals surface area (Å²) >= 11 is 0. The summed E-state index contributed by atoms with van der Waals surface area (Å²) in [6.45, 7) is 2.50. The fraction of sp³-hybridized carbons (Fsp3) is 0.385. The van der Waals surface area contributed by atoms with Crippen LogP contribution >= 0.6 is 0 Å². The number of nitrogen functional groups attached to an aromatic ring is 1. The van der Waals surface area contributed by atoms with Gasteiger partial charge in [0.1, 0.15) is 0 Å². The Hall–Kier alpha value is -2.08. The van der Waals surface area contributed by atoms with Gasteiger partial charge >= 0.3 is 0 Å². The number of hydrogen-bond donors (Lipinski definition) is 3. The molecule has 0 heterocycles. The van der Waals surface area contributed by atoms with Crippen LogP contribution < -0.4 is 16.8 Å². The van der Waals surface area contributed by atoms with Gasteiger partial charge in [0.15, 0.2) is 0 Å². The van der Waals surface area contributed by atoms with Gasteiger partial charge in [-0.05, 0) is 37.7 Å². The van der Waals surface area contributed by atoms with Crippen LogP contribution in [-0.4, -0.2) is 36.9 Å². The first-order valence-electron chi connectivity index (χ1n) is 6.01. The molecule has 1 aromatic carbocycles. The highest BCUT2D eigenvalue weighted by Gasteiger charge is 2.08. The maximum absolute atomic E-state index is 11.8. The summed E-state index contributed by atoms with van der Waals surface area (Å²) < 4.78 is 0. The average Bonchev–Trinajstić information content (AvgIpc) is 2.29. The van der Waals surface area contributed by atoms with Gasteiger partial charge in [-0.2, -0.15) is 0 Å². The highest BCUT2D eigenvalue weighted by Crippen LogP contribution is 2.17. The zero-order valence-corrected chi connectivity index (χ0v) is 11.3. The van der Waals surface area contributed by atoms with Crippen molar-refractivity contribution in [3.05, 3.63) is 23.8 Å². The predicted molar refractivity (Wildman–Crippen MR) is 75.5 cm³/mol. The van der Waals surface area contributed by atoms with Gasteiger partial charge in [0.25, 0.3) is 0 Å². The normalized spacial score (nSPS) is 10.5. The molecular formula is C13H20N4O2. The van der Waals surface area contributed by atoms with Crippen LogP contribution in [0.15, 0.2) is 18.2 Å². The minimum Gasteiger partial charge on any atom is -0.399 e. The Kier molecular flexibility index (Phi) is 5.32. The molecule has 0 unspecified atom stereocenters. The number of amides is 2. The molecule has 104 valence electrons. The molecule has 0 bridgehead atoms. The topological polar surface area (TPSA) is 101 Å². The number of nitrogens with zero attached hydrogens (tertiary/aromatic N) is 1. The van der Waals surface area contributed by atoms with Crippen LogP contribution in [0.5, 0.6) is 0 Å². The summed E-state index contributed by atoms with van der Waals surface area (Å²) in [4.78, 5) is 24.2. The SMILES string of the molecule is Cc1cc(N)ccc1NC(=O)CCN(C)CC(N)=O. The van der Waals surface area contributed by atoms with Crippen LogP contribution in [0.1, 0.15) is 12.0 Å². The van der Waals surface area contributed by atoms with E-state index in [-0.39, 0.29) is 12.5 Å². The summed E-state index contributed by atoms with van der Waals surface area (Å²) in [6, 6.07) is 5.31.